The van der Waals surface area contributed by atoms with Crippen LogP contribution < -0.4 is 9.47 Å². The van der Waals surface area contributed by atoms with Crippen LogP contribution in [-0.4, -0.2) is 19.2 Å². The number of fused-ring (bicyclic) bond motifs is 1. The average molecular weight is 205 g/mol. The minimum Gasteiger partial charge on any atom is -0.493 e. The van der Waals surface area contributed by atoms with E-state index in [-0.39, 0.29) is 0 Å². The molecule has 80 valence electrons. The Morgan fingerprint density at radius 1 is 1.00 bits per heavy atom. The van der Waals surface area contributed by atoms with E-state index >= 15 is 0 Å². The second kappa shape index (κ2) is 3.50. The number of H-pyrrole nitrogens is 1. The van der Waals surface area contributed by atoms with Crippen molar-refractivity contribution < 1.29 is 9.47 Å². The molecule has 0 saturated carbocycles. The van der Waals surface area contributed by atoms with Crippen molar-refractivity contribution in [1.29, 1.82) is 0 Å². The Morgan fingerprint density at radius 2 is 1.60 bits per heavy atom. The third kappa shape index (κ3) is 1.44. The Balaban J connectivity index is 2.75. The number of nitrogens with one attached hydrogen (secondary N) is 1. The highest BCUT2D eigenvalue weighted by atomic mass is 16.5. The SMILES string of the molecule is COc1cc2[nH]c(C)c(C)c2cc1OC. The number of aromatic nitrogens is 1. The van der Waals surface area contributed by atoms with E-state index in [1.165, 1.54) is 16.6 Å². The van der Waals surface area contributed by atoms with E-state index in [1.54, 1.807) is 14.2 Å². The van der Waals surface area contributed by atoms with E-state index in [9.17, 15) is 0 Å². The summed E-state index contributed by atoms with van der Waals surface area (Å²) in [6.07, 6.45) is 0. The predicted octanol–water partition coefficient (Wildman–Crippen LogP) is 2.80. The molecule has 0 unspecified atom stereocenters. The van der Waals surface area contributed by atoms with Crippen LogP contribution in [0, 0.1) is 13.8 Å². The summed E-state index contributed by atoms with van der Waals surface area (Å²) in [6, 6.07) is 3.97. The quantitative estimate of drug-likeness (QED) is 0.818. The van der Waals surface area contributed by atoms with E-state index in [4.69, 9.17) is 9.47 Å². The van der Waals surface area contributed by atoms with Gasteiger partial charge >= 0.3 is 0 Å². The fourth-order valence-corrected chi connectivity index (χ4v) is 1.79. The maximum absolute atomic E-state index is 5.27. The van der Waals surface area contributed by atoms with E-state index in [0.29, 0.717) is 0 Å². The molecular weight excluding hydrogens is 190 g/mol. The number of methoxy groups -OCH3 is 2. The molecule has 3 nitrogen and oxygen atoms in total. The van der Waals surface area contributed by atoms with Crippen molar-refractivity contribution in [2.24, 2.45) is 0 Å². The van der Waals surface area contributed by atoms with Crippen molar-refractivity contribution in [3.8, 4) is 11.5 Å². The smallest absolute Gasteiger partial charge is 0.162 e. The van der Waals surface area contributed by atoms with Gasteiger partial charge in [0, 0.05) is 22.7 Å². The highest BCUT2D eigenvalue weighted by molar-refractivity contribution is 5.87. The van der Waals surface area contributed by atoms with Crippen molar-refractivity contribution in [3.05, 3.63) is 23.4 Å². The molecule has 0 aliphatic rings. The topological polar surface area (TPSA) is 34.2 Å². The van der Waals surface area contributed by atoms with E-state index in [0.717, 1.165) is 17.0 Å². The summed E-state index contributed by atoms with van der Waals surface area (Å²) in [6.45, 7) is 4.16. The van der Waals surface area contributed by atoms with Crippen molar-refractivity contribution in [2.75, 3.05) is 14.2 Å². The second-order valence-electron chi connectivity index (χ2n) is 3.63. The maximum atomic E-state index is 5.27. The minimum atomic E-state index is 0.756. The zero-order chi connectivity index (χ0) is 11.0. The predicted molar refractivity (Wildman–Crippen MR) is 60.9 cm³/mol. The zero-order valence-electron chi connectivity index (χ0n) is 9.47. The number of aryl methyl sites for hydroxylation is 2. The molecule has 1 aromatic carbocycles. The molecule has 2 rings (SSSR count). The van der Waals surface area contributed by atoms with Gasteiger partial charge in [-0.3, -0.25) is 0 Å². The van der Waals surface area contributed by atoms with Crippen molar-refractivity contribution >= 4 is 10.9 Å². The molecule has 1 N–H and O–H groups in total. The standard InChI is InChI=1S/C12H15NO2/c1-7-8(2)13-10-6-12(15-4)11(14-3)5-9(7)10/h5-6,13H,1-4H3. The summed E-state index contributed by atoms with van der Waals surface area (Å²) < 4.78 is 10.5. The van der Waals surface area contributed by atoms with E-state index in [1.807, 2.05) is 12.1 Å². The fraction of sp³-hybridized carbons (Fsp3) is 0.333. The number of aromatic amines is 1. The van der Waals surface area contributed by atoms with Gasteiger partial charge in [-0.2, -0.15) is 0 Å². The number of ether oxygens (including phenoxy) is 2. The number of rotatable bonds is 2. The number of hydrogen-bond acceptors (Lipinski definition) is 2. The molecule has 0 atom stereocenters. The molecule has 0 aliphatic heterocycles. The first-order chi connectivity index (χ1) is 7.17. The molecule has 0 radical (unpaired) electrons. The first kappa shape index (κ1) is 9.90. The summed E-state index contributed by atoms with van der Waals surface area (Å²) in [4.78, 5) is 3.32. The van der Waals surface area contributed by atoms with E-state index in [2.05, 4.69) is 18.8 Å². The summed E-state index contributed by atoms with van der Waals surface area (Å²) in [7, 11) is 3.30. The minimum absolute atomic E-state index is 0.756. The highest BCUT2D eigenvalue weighted by Crippen LogP contribution is 2.34. The number of benzene rings is 1. The molecule has 15 heavy (non-hydrogen) atoms. The van der Waals surface area contributed by atoms with Gasteiger partial charge in [0.15, 0.2) is 11.5 Å². The van der Waals surface area contributed by atoms with Crippen molar-refractivity contribution in [1.82, 2.24) is 4.98 Å². The molecule has 1 heterocycles. The van der Waals surface area contributed by atoms with Gasteiger partial charge in [-0.1, -0.05) is 0 Å². The molecule has 0 aliphatic carbocycles. The Kier molecular flexibility index (Phi) is 2.31. The summed E-state index contributed by atoms with van der Waals surface area (Å²) in [5, 5.41) is 1.19. The van der Waals surface area contributed by atoms with Gasteiger partial charge in [-0.25, -0.2) is 0 Å². The van der Waals surface area contributed by atoms with Crippen LogP contribution in [0.2, 0.25) is 0 Å². The van der Waals surface area contributed by atoms with Gasteiger partial charge in [0.25, 0.3) is 0 Å². The molecule has 1 aromatic heterocycles. The lowest BCUT2D eigenvalue weighted by Crippen LogP contribution is -1.90. The molecule has 0 amide bonds. The Hall–Kier alpha value is -1.64. The molecule has 2 aromatic rings. The lowest BCUT2D eigenvalue weighted by Gasteiger charge is -2.07. The number of hydrogen-bond donors (Lipinski definition) is 1. The largest absolute Gasteiger partial charge is 0.493 e. The summed E-state index contributed by atoms with van der Waals surface area (Å²) in [5.74, 6) is 1.53. The Morgan fingerprint density at radius 3 is 2.20 bits per heavy atom. The third-order valence-corrected chi connectivity index (χ3v) is 2.81. The molecule has 0 spiro atoms. The second-order valence-corrected chi connectivity index (χ2v) is 3.63. The van der Waals surface area contributed by atoms with Gasteiger partial charge in [0.05, 0.1) is 14.2 Å². The molecule has 0 bridgehead atoms. The third-order valence-electron chi connectivity index (χ3n) is 2.81. The molecule has 0 saturated heterocycles. The lowest BCUT2D eigenvalue weighted by atomic mass is 10.1. The lowest BCUT2D eigenvalue weighted by molar-refractivity contribution is 0.356. The molecule has 3 heteroatoms. The van der Waals surface area contributed by atoms with Crippen LogP contribution in [0.15, 0.2) is 12.1 Å². The fourth-order valence-electron chi connectivity index (χ4n) is 1.79. The van der Waals surface area contributed by atoms with Crippen LogP contribution in [-0.2, 0) is 0 Å². The Labute approximate surface area is 89.0 Å². The van der Waals surface area contributed by atoms with E-state index < -0.39 is 0 Å². The average Bonchev–Trinajstić information content (AvgIpc) is 2.53. The highest BCUT2D eigenvalue weighted by Gasteiger charge is 2.10. The zero-order valence-corrected chi connectivity index (χ0v) is 9.47. The van der Waals surface area contributed by atoms with Crippen LogP contribution in [0.1, 0.15) is 11.3 Å². The van der Waals surface area contributed by atoms with Crippen LogP contribution in [0.5, 0.6) is 11.5 Å². The summed E-state index contributed by atoms with van der Waals surface area (Å²) >= 11 is 0. The van der Waals surface area contributed by atoms with Crippen molar-refractivity contribution in [3.63, 3.8) is 0 Å². The van der Waals surface area contributed by atoms with Gasteiger partial charge in [-0.05, 0) is 25.5 Å². The van der Waals surface area contributed by atoms with Crippen LogP contribution in [0.4, 0.5) is 0 Å². The normalized spacial score (nSPS) is 10.7. The monoisotopic (exact) mass is 205 g/mol. The van der Waals surface area contributed by atoms with Gasteiger partial charge in [0.1, 0.15) is 0 Å². The van der Waals surface area contributed by atoms with Gasteiger partial charge in [0.2, 0.25) is 0 Å². The van der Waals surface area contributed by atoms with Crippen LogP contribution in [0.3, 0.4) is 0 Å². The van der Waals surface area contributed by atoms with Crippen LogP contribution >= 0.6 is 0 Å². The van der Waals surface area contributed by atoms with Gasteiger partial charge in [-0.15, -0.1) is 0 Å². The molecule has 0 fully saturated rings. The first-order valence-electron chi connectivity index (χ1n) is 4.88. The van der Waals surface area contributed by atoms with Crippen molar-refractivity contribution in [2.45, 2.75) is 13.8 Å². The van der Waals surface area contributed by atoms with Gasteiger partial charge < -0.3 is 14.5 Å². The summed E-state index contributed by atoms with van der Waals surface area (Å²) in [5.41, 5.74) is 3.52. The Bertz CT molecular complexity index is 500. The van der Waals surface area contributed by atoms with Crippen LogP contribution in [0.25, 0.3) is 10.9 Å². The molecular formula is C12H15NO2. The first-order valence-corrected chi connectivity index (χ1v) is 4.88. The maximum Gasteiger partial charge on any atom is 0.162 e.